The molecule has 1 heterocycles. The van der Waals surface area contributed by atoms with Gasteiger partial charge in [-0.05, 0) is 31.5 Å². The van der Waals surface area contributed by atoms with E-state index < -0.39 is 6.03 Å². The highest BCUT2D eigenvalue weighted by atomic mass is 19.1. The molecule has 106 valence electrons. The Bertz CT molecular complexity index is 681. The summed E-state index contributed by atoms with van der Waals surface area (Å²) in [5.41, 5.74) is 1.23. The maximum atomic E-state index is 13.7. The lowest BCUT2D eigenvalue weighted by Crippen LogP contribution is -2.39. The van der Waals surface area contributed by atoms with E-state index >= 15 is 0 Å². The highest BCUT2D eigenvalue weighted by molar-refractivity contribution is 6.03. The van der Waals surface area contributed by atoms with Crippen molar-refractivity contribution < 1.29 is 14.0 Å². The molecule has 1 aromatic heterocycles. The number of nitrogens with zero attached hydrogens (tertiary/aromatic N) is 3. The fourth-order valence-corrected chi connectivity index (χ4v) is 2.08. The topological polar surface area (TPSA) is 67.2 Å². The van der Waals surface area contributed by atoms with Crippen molar-refractivity contribution in [2.45, 2.75) is 13.8 Å². The zero-order valence-corrected chi connectivity index (χ0v) is 11.5. The van der Waals surface area contributed by atoms with Crippen molar-refractivity contribution in [3.8, 4) is 0 Å². The number of imide groups is 1. The second kappa shape index (κ2) is 5.28. The highest BCUT2D eigenvalue weighted by Crippen LogP contribution is 2.28. The van der Waals surface area contributed by atoms with E-state index in [1.165, 1.54) is 11.0 Å². The molecule has 1 aromatic carbocycles. The Balaban J connectivity index is 2.61. The van der Waals surface area contributed by atoms with Gasteiger partial charge in [-0.15, -0.1) is 0 Å². The number of benzene rings is 1. The Labute approximate surface area is 115 Å². The van der Waals surface area contributed by atoms with E-state index in [1.54, 1.807) is 31.6 Å². The van der Waals surface area contributed by atoms with Gasteiger partial charge in [0.05, 0.1) is 5.52 Å². The Morgan fingerprint density at radius 2 is 2.25 bits per heavy atom. The van der Waals surface area contributed by atoms with Crippen LogP contribution in [-0.4, -0.2) is 28.8 Å². The molecule has 3 amide bonds. The molecule has 0 saturated carbocycles. The van der Waals surface area contributed by atoms with Crippen LogP contribution in [0.4, 0.5) is 15.0 Å². The minimum atomic E-state index is -0.594. The van der Waals surface area contributed by atoms with Gasteiger partial charge in [0.1, 0.15) is 5.82 Å². The van der Waals surface area contributed by atoms with Gasteiger partial charge < -0.3 is 0 Å². The molecule has 0 spiro atoms. The molecular formula is C13H15FN4O2. The summed E-state index contributed by atoms with van der Waals surface area (Å²) in [4.78, 5) is 23.5. The second-order valence-corrected chi connectivity index (χ2v) is 4.38. The highest BCUT2D eigenvalue weighted by Gasteiger charge is 2.21. The van der Waals surface area contributed by atoms with Crippen LogP contribution in [0.3, 0.4) is 0 Å². The molecule has 0 radical (unpaired) electrons. The van der Waals surface area contributed by atoms with Crippen molar-refractivity contribution in [3.63, 3.8) is 0 Å². The first kappa shape index (κ1) is 14.0. The first-order valence-corrected chi connectivity index (χ1v) is 6.14. The van der Waals surface area contributed by atoms with E-state index in [0.717, 1.165) is 5.52 Å². The van der Waals surface area contributed by atoms with Gasteiger partial charge in [-0.1, -0.05) is 0 Å². The quantitative estimate of drug-likeness (QED) is 0.869. The van der Waals surface area contributed by atoms with Crippen LogP contribution >= 0.6 is 0 Å². The number of anilines is 1. The largest absolute Gasteiger partial charge is 0.329 e. The van der Waals surface area contributed by atoms with Crippen molar-refractivity contribution >= 4 is 29.2 Å². The van der Waals surface area contributed by atoms with Gasteiger partial charge in [0.15, 0.2) is 5.82 Å². The molecule has 0 bridgehead atoms. The molecule has 0 saturated heterocycles. The standard InChI is InChI=1S/C13H15FN4O2/c1-4-18(13(20)15-7-19)12-9-6-10(14)8(2)5-11(9)17(3)16-12/h5-7H,4H2,1-3H3,(H,15,19,20). The van der Waals surface area contributed by atoms with E-state index in [9.17, 15) is 14.0 Å². The Morgan fingerprint density at radius 3 is 2.85 bits per heavy atom. The minimum absolute atomic E-state index is 0.306. The molecule has 6 nitrogen and oxygen atoms in total. The molecule has 2 aromatic rings. The van der Waals surface area contributed by atoms with Gasteiger partial charge in [0, 0.05) is 19.0 Å². The fraction of sp³-hybridized carbons (Fsp3) is 0.308. The molecule has 20 heavy (non-hydrogen) atoms. The summed E-state index contributed by atoms with van der Waals surface area (Å²) < 4.78 is 15.3. The van der Waals surface area contributed by atoms with Crippen LogP contribution in [0.5, 0.6) is 0 Å². The van der Waals surface area contributed by atoms with E-state index in [-0.39, 0.29) is 5.82 Å². The molecule has 0 aliphatic rings. The summed E-state index contributed by atoms with van der Waals surface area (Å²) in [7, 11) is 1.72. The van der Waals surface area contributed by atoms with Crippen LogP contribution in [0.1, 0.15) is 12.5 Å². The smallest absolute Gasteiger partial charge is 0.280 e. The lowest BCUT2D eigenvalue weighted by molar-refractivity contribution is -0.108. The third-order valence-electron chi connectivity index (χ3n) is 3.11. The van der Waals surface area contributed by atoms with E-state index in [4.69, 9.17) is 0 Å². The molecule has 2 rings (SSSR count). The average molecular weight is 278 g/mol. The second-order valence-electron chi connectivity index (χ2n) is 4.38. The van der Waals surface area contributed by atoms with Crippen molar-refractivity contribution in [1.82, 2.24) is 15.1 Å². The number of urea groups is 1. The summed E-state index contributed by atoms with van der Waals surface area (Å²) in [5.74, 6) is -0.0400. The van der Waals surface area contributed by atoms with Gasteiger partial charge in [-0.3, -0.25) is 19.7 Å². The number of fused-ring (bicyclic) bond motifs is 1. The summed E-state index contributed by atoms with van der Waals surface area (Å²) in [5, 5.41) is 6.83. The van der Waals surface area contributed by atoms with Crippen molar-refractivity contribution in [3.05, 3.63) is 23.5 Å². The molecule has 0 unspecified atom stereocenters. The lowest BCUT2D eigenvalue weighted by atomic mass is 10.1. The fourth-order valence-electron chi connectivity index (χ4n) is 2.08. The SMILES string of the molecule is CCN(C(=O)NC=O)c1nn(C)c2cc(C)c(F)cc12. The Kier molecular flexibility index (Phi) is 3.69. The summed E-state index contributed by atoms with van der Waals surface area (Å²) >= 11 is 0. The van der Waals surface area contributed by atoms with Crippen LogP contribution in [0, 0.1) is 12.7 Å². The first-order chi connectivity index (χ1) is 9.49. The number of rotatable bonds is 3. The molecular weight excluding hydrogens is 263 g/mol. The van der Waals surface area contributed by atoms with Gasteiger partial charge in [-0.25, -0.2) is 9.18 Å². The number of hydrogen-bond donors (Lipinski definition) is 1. The predicted molar refractivity (Wildman–Crippen MR) is 73.0 cm³/mol. The molecule has 0 atom stereocenters. The zero-order chi connectivity index (χ0) is 14.9. The maximum absolute atomic E-state index is 13.7. The zero-order valence-electron chi connectivity index (χ0n) is 11.5. The number of hydrogen-bond acceptors (Lipinski definition) is 3. The Hall–Kier alpha value is -2.44. The lowest BCUT2D eigenvalue weighted by Gasteiger charge is -2.17. The molecule has 1 N–H and O–H groups in total. The maximum Gasteiger partial charge on any atom is 0.329 e. The van der Waals surface area contributed by atoms with Gasteiger partial charge in [-0.2, -0.15) is 5.10 Å². The van der Waals surface area contributed by atoms with E-state index in [0.29, 0.717) is 29.7 Å². The number of carbonyl (C=O) groups excluding carboxylic acids is 2. The average Bonchev–Trinajstić information content (AvgIpc) is 2.69. The number of amides is 3. The number of aromatic nitrogens is 2. The number of carbonyl (C=O) groups is 2. The molecule has 0 aliphatic heterocycles. The number of halogens is 1. The van der Waals surface area contributed by atoms with Crippen LogP contribution in [-0.2, 0) is 11.8 Å². The summed E-state index contributed by atoms with van der Waals surface area (Å²) in [6.07, 6.45) is 0.306. The normalized spacial score (nSPS) is 10.6. The van der Waals surface area contributed by atoms with Crippen LogP contribution in [0.25, 0.3) is 10.9 Å². The summed E-state index contributed by atoms with van der Waals surface area (Å²) in [6, 6.07) is 2.43. The number of nitrogens with one attached hydrogen (secondary N) is 1. The predicted octanol–water partition coefficient (Wildman–Crippen LogP) is 1.71. The van der Waals surface area contributed by atoms with Gasteiger partial charge in [0.25, 0.3) is 0 Å². The van der Waals surface area contributed by atoms with Crippen molar-refractivity contribution in [2.24, 2.45) is 7.05 Å². The van der Waals surface area contributed by atoms with Crippen LogP contribution in [0.15, 0.2) is 12.1 Å². The molecule has 0 fully saturated rings. The molecule has 7 heteroatoms. The van der Waals surface area contributed by atoms with E-state index in [1.807, 2.05) is 0 Å². The van der Waals surface area contributed by atoms with E-state index in [2.05, 4.69) is 10.4 Å². The first-order valence-electron chi connectivity index (χ1n) is 6.14. The number of aryl methyl sites for hydroxylation is 2. The van der Waals surface area contributed by atoms with Crippen LogP contribution in [0.2, 0.25) is 0 Å². The Morgan fingerprint density at radius 1 is 1.55 bits per heavy atom. The monoisotopic (exact) mass is 278 g/mol. The third kappa shape index (κ3) is 2.22. The third-order valence-corrected chi connectivity index (χ3v) is 3.11. The van der Waals surface area contributed by atoms with Crippen LogP contribution < -0.4 is 10.2 Å². The van der Waals surface area contributed by atoms with Gasteiger partial charge >= 0.3 is 6.03 Å². The molecule has 0 aliphatic carbocycles. The van der Waals surface area contributed by atoms with Crippen molar-refractivity contribution in [2.75, 3.05) is 11.4 Å². The van der Waals surface area contributed by atoms with Gasteiger partial charge in [0.2, 0.25) is 6.41 Å². The van der Waals surface area contributed by atoms with Crippen molar-refractivity contribution in [1.29, 1.82) is 0 Å². The summed E-state index contributed by atoms with van der Waals surface area (Å²) in [6.45, 7) is 3.72. The minimum Gasteiger partial charge on any atom is -0.280 e.